The molecule has 11 nitrogen and oxygen atoms in total. The number of nitrogens with zero attached hydrogens (tertiary/aromatic N) is 1. The Morgan fingerprint density at radius 1 is 0.918 bits per heavy atom. The van der Waals surface area contributed by atoms with Gasteiger partial charge in [-0.1, -0.05) is 23.7 Å². The normalized spacial score (nSPS) is 14.0. The molecule has 1 atom stereocenters. The summed E-state index contributed by atoms with van der Waals surface area (Å²) in [5, 5.41) is 6.88. The Hall–Kier alpha value is -4.61. The number of esters is 2. The first-order chi connectivity index (χ1) is 23.4. The molecule has 1 aliphatic rings. The van der Waals surface area contributed by atoms with Crippen LogP contribution >= 0.6 is 11.6 Å². The molecule has 0 aliphatic carbocycles. The number of rotatable bonds is 13. The van der Waals surface area contributed by atoms with Gasteiger partial charge in [0.05, 0.1) is 19.3 Å². The molecule has 12 heteroatoms. The summed E-state index contributed by atoms with van der Waals surface area (Å²) in [7, 11) is 1.30. The van der Waals surface area contributed by atoms with Gasteiger partial charge in [0.25, 0.3) is 0 Å². The van der Waals surface area contributed by atoms with Crippen LogP contribution in [0.15, 0.2) is 66.7 Å². The second-order valence-corrected chi connectivity index (χ2v) is 13.0. The maximum atomic E-state index is 13.3. The second-order valence-electron chi connectivity index (χ2n) is 12.6. The van der Waals surface area contributed by atoms with Gasteiger partial charge >= 0.3 is 18.0 Å². The van der Waals surface area contributed by atoms with Crippen molar-refractivity contribution in [3.63, 3.8) is 0 Å². The van der Waals surface area contributed by atoms with Crippen LogP contribution in [-0.2, 0) is 32.1 Å². The molecule has 1 saturated heterocycles. The van der Waals surface area contributed by atoms with E-state index < -0.39 is 29.4 Å². The van der Waals surface area contributed by atoms with Crippen LogP contribution in [0.2, 0.25) is 5.02 Å². The van der Waals surface area contributed by atoms with E-state index in [9.17, 15) is 19.2 Å². The fourth-order valence-corrected chi connectivity index (χ4v) is 5.34. The van der Waals surface area contributed by atoms with Crippen LogP contribution in [0.4, 0.5) is 10.5 Å². The van der Waals surface area contributed by atoms with Crippen molar-refractivity contribution in [1.29, 1.82) is 0 Å². The van der Waals surface area contributed by atoms with Gasteiger partial charge in [-0.25, -0.2) is 14.4 Å². The van der Waals surface area contributed by atoms with E-state index in [0.29, 0.717) is 59.9 Å². The number of halogens is 1. The van der Waals surface area contributed by atoms with Crippen molar-refractivity contribution in [1.82, 2.24) is 10.2 Å². The Labute approximate surface area is 292 Å². The van der Waals surface area contributed by atoms with E-state index in [4.69, 9.17) is 30.5 Å². The summed E-state index contributed by atoms with van der Waals surface area (Å²) in [5.74, 6) is -0.957. The monoisotopic (exact) mass is 693 g/mol. The Bertz CT molecular complexity index is 1600. The summed E-state index contributed by atoms with van der Waals surface area (Å²) in [6, 6.07) is 17.8. The Balaban J connectivity index is 1.40. The van der Waals surface area contributed by atoms with Crippen molar-refractivity contribution in [2.24, 2.45) is 0 Å². The van der Waals surface area contributed by atoms with Crippen LogP contribution in [0.3, 0.4) is 0 Å². The molecular weight excluding hydrogens is 650 g/mol. The molecular formula is C37H44ClN3O8. The Morgan fingerprint density at radius 2 is 1.57 bits per heavy atom. The lowest BCUT2D eigenvalue weighted by Crippen LogP contribution is -2.44. The summed E-state index contributed by atoms with van der Waals surface area (Å²) in [6.07, 6.45) is 1.12. The van der Waals surface area contributed by atoms with Gasteiger partial charge in [-0.2, -0.15) is 0 Å². The minimum atomic E-state index is -1.28. The average Bonchev–Trinajstić information content (AvgIpc) is 3.08. The van der Waals surface area contributed by atoms with Crippen LogP contribution in [-0.4, -0.2) is 73.3 Å². The molecule has 1 heterocycles. The van der Waals surface area contributed by atoms with Crippen LogP contribution in [0.1, 0.15) is 72.4 Å². The summed E-state index contributed by atoms with van der Waals surface area (Å²) in [6.45, 7) is 9.00. The first-order valence-corrected chi connectivity index (χ1v) is 16.6. The van der Waals surface area contributed by atoms with Gasteiger partial charge < -0.3 is 29.2 Å². The van der Waals surface area contributed by atoms with Crippen molar-refractivity contribution in [2.75, 3.05) is 32.1 Å². The second kappa shape index (κ2) is 17.2. The maximum absolute atomic E-state index is 13.3. The van der Waals surface area contributed by atoms with Gasteiger partial charge in [0.15, 0.2) is 11.8 Å². The lowest BCUT2D eigenvalue weighted by Gasteiger charge is -2.33. The van der Waals surface area contributed by atoms with Crippen molar-refractivity contribution in [2.45, 2.75) is 71.4 Å². The summed E-state index contributed by atoms with van der Waals surface area (Å²) < 4.78 is 21.8. The van der Waals surface area contributed by atoms with Crippen molar-refractivity contribution in [3.8, 4) is 5.75 Å². The zero-order chi connectivity index (χ0) is 35.6. The summed E-state index contributed by atoms with van der Waals surface area (Å²) in [4.78, 5) is 52.6. The topological polar surface area (TPSA) is 132 Å². The predicted molar refractivity (Wildman–Crippen MR) is 186 cm³/mol. The van der Waals surface area contributed by atoms with Gasteiger partial charge in [0.1, 0.15) is 17.5 Å². The third-order valence-electron chi connectivity index (χ3n) is 7.74. The third kappa shape index (κ3) is 11.0. The molecule has 0 saturated carbocycles. The van der Waals surface area contributed by atoms with Crippen molar-refractivity contribution in [3.05, 3.63) is 94.0 Å². The number of likely N-dealkylation sites (tertiary alicyclic amines) is 1. The molecule has 49 heavy (non-hydrogen) atoms. The first kappa shape index (κ1) is 37.2. The number of carbonyl (C=O) groups is 4. The zero-order valence-electron chi connectivity index (χ0n) is 28.5. The standard InChI is InChI=1S/C37H44ClN3O8/c1-6-47-35(44)32(33(42)25-9-12-28(38)13-10-25)40-23-27-21-26(34(43)46-5)11-16-31(27)39-22-24-7-14-29(15-8-24)48-30-17-19-41(20-18-30)36(45)49-37(2,3)4/h7-16,21,30,32,39-40H,6,17-20,22-23H2,1-5H3. The minimum Gasteiger partial charge on any atom is -0.490 e. The molecule has 0 aromatic heterocycles. The predicted octanol–water partition coefficient (Wildman–Crippen LogP) is 6.42. The highest BCUT2D eigenvalue weighted by Crippen LogP contribution is 2.24. The average molecular weight is 694 g/mol. The molecule has 3 aromatic carbocycles. The Morgan fingerprint density at radius 3 is 2.18 bits per heavy atom. The van der Waals surface area contributed by atoms with Gasteiger partial charge in [0, 0.05) is 55.3 Å². The van der Waals surface area contributed by atoms with E-state index in [0.717, 1.165) is 11.3 Å². The first-order valence-electron chi connectivity index (χ1n) is 16.2. The van der Waals surface area contributed by atoms with Gasteiger partial charge in [-0.3, -0.25) is 10.1 Å². The van der Waals surface area contributed by atoms with E-state index in [1.165, 1.54) is 7.11 Å². The van der Waals surface area contributed by atoms with Crippen LogP contribution in [0.25, 0.3) is 0 Å². The number of hydrogen-bond donors (Lipinski definition) is 2. The largest absolute Gasteiger partial charge is 0.490 e. The quantitative estimate of drug-likeness (QED) is 0.0894. The van der Waals surface area contributed by atoms with Crippen LogP contribution in [0, 0.1) is 0 Å². The van der Waals surface area contributed by atoms with E-state index in [2.05, 4.69) is 10.6 Å². The van der Waals surface area contributed by atoms with Crippen LogP contribution in [0.5, 0.6) is 5.75 Å². The number of amides is 1. The number of methoxy groups -OCH3 is 1. The molecule has 0 spiro atoms. The number of ketones is 1. The number of carbonyl (C=O) groups excluding carboxylic acids is 4. The van der Waals surface area contributed by atoms with E-state index in [1.807, 2.05) is 45.0 Å². The molecule has 0 radical (unpaired) electrons. The number of nitrogens with one attached hydrogen (secondary N) is 2. The lowest BCUT2D eigenvalue weighted by atomic mass is 10.0. The molecule has 1 aliphatic heterocycles. The van der Waals surface area contributed by atoms with E-state index >= 15 is 0 Å². The third-order valence-corrected chi connectivity index (χ3v) is 7.99. The fourth-order valence-electron chi connectivity index (χ4n) is 5.22. The SMILES string of the molecule is CCOC(=O)C(NCc1cc(C(=O)OC)ccc1NCc1ccc(OC2CCN(C(=O)OC(C)(C)C)CC2)cc1)C(=O)c1ccc(Cl)cc1. The van der Waals surface area contributed by atoms with Gasteiger partial charge in [-0.15, -0.1) is 0 Å². The summed E-state index contributed by atoms with van der Waals surface area (Å²) >= 11 is 5.98. The molecule has 4 rings (SSSR count). The van der Waals surface area contributed by atoms with Crippen molar-refractivity contribution >= 4 is 41.1 Å². The minimum absolute atomic E-state index is 0.00366. The number of piperidine rings is 1. The molecule has 1 amide bonds. The molecule has 2 N–H and O–H groups in total. The van der Waals surface area contributed by atoms with Crippen LogP contribution < -0.4 is 15.4 Å². The number of hydrogen-bond acceptors (Lipinski definition) is 10. The molecule has 1 unspecified atom stereocenters. The van der Waals surface area contributed by atoms with E-state index in [-0.39, 0.29) is 25.3 Å². The highest BCUT2D eigenvalue weighted by molar-refractivity contribution is 6.30. The molecule has 1 fully saturated rings. The summed E-state index contributed by atoms with van der Waals surface area (Å²) in [5.41, 5.74) is 2.40. The van der Waals surface area contributed by atoms with E-state index in [1.54, 1.807) is 54.3 Å². The molecule has 3 aromatic rings. The number of Topliss-reactive ketones (excluding diaryl/α,β-unsaturated/α-hetero) is 1. The fraction of sp³-hybridized carbons (Fsp3) is 0.405. The van der Waals surface area contributed by atoms with Gasteiger partial charge in [0.2, 0.25) is 0 Å². The zero-order valence-corrected chi connectivity index (χ0v) is 29.3. The Kier molecular flexibility index (Phi) is 13.0. The highest BCUT2D eigenvalue weighted by Gasteiger charge is 2.30. The highest BCUT2D eigenvalue weighted by atomic mass is 35.5. The smallest absolute Gasteiger partial charge is 0.410 e. The lowest BCUT2D eigenvalue weighted by molar-refractivity contribution is -0.144. The maximum Gasteiger partial charge on any atom is 0.410 e. The molecule has 0 bridgehead atoms. The van der Waals surface area contributed by atoms with Crippen molar-refractivity contribution < 1.29 is 38.1 Å². The molecule has 262 valence electrons. The number of benzene rings is 3. The number of anilines is 1. The van der Waals surface area contributed by atoms with Gasteiger partial charge in [-0.05, 0) is 93.4 Å². The number of ether oxygens (including phenoxy) is 4.